The molecular weight excluding hydrogens is 302 g/mol. The summed E-state index contributed by atoms with van der Waals surface area (Å²) in [6, 6.07) is 2.09. The maximum absolute atomic E-state index is 11.0. The number of hydrogen-bond donors (Lipinski definition) is 6. The third-order valence-corrected chi connectivity index (χ3v) is 5.26. The van der Waals surface area contributed by atoms with E-state index in [4.69, 9.17) is 24.7 Å². The molecule has 0 aliphatic carbocycles. The van der Waals surface area contributed by atoms with Crippen molar-refractivity contribution in [2.45, 2.75) is 5.52 Å². The lowest BCUT2D eigenvalue weighted by molar-refractivity contribution is 0.0696. The molecule has 1 heterocycles. The van der Waals surface area contributed by atoms with Gasteiger partial charge in [0.2, 0.25) is 5.52 Å². The number of aromatic nitrogens is 1. The SMILES string of the molecule is O=C(O)c1ccc(NC(P(=O)(O)O)P(=O)(O)O)nc1. The molecule has 0 atom stereocenters. The number of carboxylic acid groups (broad SMARTS) is 1. The number of aromatic carboxylic acids is 1. The van der Waals surface area contributed by atoms with Gasteiger partial charge in [0.1, 0.15) is 5.82 Å². The fourth-order valence-corrected chi connectivity index (χ4v) is 3.27. The van der Waals surface area contributed by atoms with Crippen LogP contribution in [-0.2, 0) is 9.13 Å². The predicted molar refractivity (Wildman–Crippen MR) is 62.7 cm³/mol. The van der Waals surface area contributed by atoms with Gasteiger partial charge in [0, 0.05) is 6.20 Å². The second-order valence-corrected chi connectivity index (χ2v) is 7.23. The van der Waals surface area contributed by atoms with Gasteiger partial charge < -0.3 is 30.0 Å². The third kappa shape index (κ3) is 4.39. The van der Waals surface area contributed by atoms with E-state index in [-0.39, 0.29) is 11.4 Å². The quantitative estimate of drug-likeness (QED) is 0.400. The fraction of sp³-hybridized carbons (Fsp3) is 0.143. The molecule has 0 aliphatic heterocycles. The summed E-state index contributed by atoms with van der Waals surface area (Å²) < 4.78 is 22.0. The van der Waals surface area contributed by atoms with E-state index in [1.165, 1.54) is 0 Å². The van der Waals surface area contributed by atoms with Gasteiger partial charge in [0.25, 0.3) is 0 Å². The molecule has 0 aromatic carbocycles. The average molecular weight is 312 g/mol. The molecule has 0 unspecified atom stereocenters. The molecule has 106 valence electrons. The molecule has 1 rings (SSSR count). The summed E-state index contributed by atoms with van der Waals surface area (Å²) in [5, 5.41) is 10.5. The molecule has 0 spiro atoms. The monoisotopic (exact) mass is 312 g/mol. The number of nitrogens with one attached hydrogen (secondary N) is 1. The van der Waals surface area contributed by atoms with Crippen LogP contribution >= 0.6 is 15.2 Å². The van der Waals surface area contributed by atoms with Crippen molar-refractivity contribution in [3.05, 3.63) is 23.9 Å². The Hall–Kier alpha value is -1.28. The Bertz CT molecular complexity index is 539. The number of hydrogen-bond acceptors (Lipinski definition) is 5. The molecule has 0 radical (unpaired) electrons. The molecule has 10 nitrogen and oxygen atoms in total. The van der Waals surface area contributed by atoms with Crippen LogP contribution in [0.5, 0.6) is 0 Å². The minimum Gasteiger partial charge on any atom is -0.478 e. The van der Waals surface area contributed by atoms with Crippen LogP contribution in [0.2, 0.25) is 0 Å². The predicted octanol–water partition coefficient (Wildman–Crippen LogP) is -0.169. The highest BCUT2D eigenvalue weighted by atomic mass is 31.2. The minimum absolute atomic E-state index is 0.186. The van der Waals surface area contributed by atoms with Crippen molar-refractivity contribution >= 4 is 27.0 Å². The van der Waals surface area contributed by atoms with E-state index in [0.717, 1.165) is 18.3 Å². The van der Waals surface area contributed by atoms with Gasteiger partial charge in [0.05, 0.1) is 5.56 Å². The first-order valence-electron chi connectivity index (χ1n) is 4.58. The van der Waals surface area contributed by atoms with Crippen LogP contribution < -0.4 is 5.32 Å². The van der Waals surface area contributed by atoms with E-state index in [9.17, 15) is 13.9 Å². The topological polar surface area (TPSA) is 177 Å². The van der Waals surface area contributed by atoms with Crippen molar-refractivity contribution in [1.29, 1.82) is 0 Å². The van der Waals surface area contributed by atoms with E-state index in [1.807, 2.05) is 5.32 Å². The van der Waals surface area contributed by atoms with Crippen molar-refractivity contribution in [2.24, 2.45) is 0 Å². The summed E-state index contributed by atoms with van der Waals surface area (Å²) in [7, 11) is -10.2. The van der Waals surface area contributed by atoms with Gasteiger partial charge in [-0.25, -0.2) is 9.78 Å². The van der Waals surface area contributed by atoms with Crippen molar-refractivity contribution in [1.82, 2.24) is 4.98 Å². The van der Waals surface area contributed by atoms with Gasteiger partial charge in [0.15, 0.2) is 0 Å². The van der Waals surface area contributed by atoms with Crippen LogP contribution in [0.25, 0.3) is 0 Å². The zero-order chi connectivity index (χ0) is 14.8. The molecule has 0 saturated heterocycles. The Balaban J connectivity index is 3.02. The highest BCUT2D eigenvalue weighted by Gasteiger charge is 2.43. The summed E-state index contributed by atoms with van der Waals surface area (Å²) in [6.07, 6.45) is 0.876. The molecular formula is C7H10N2O8P2. The number of carboxylic acids is 1. The summed E-state index contributed by atoms with van der Waals surface area (Å²) in [5.41, 5.74) is -2.63. The molecule has 0 fully saturated rings. The van der Waals surface area contributed by atoms with Crippen molar-refractivity contribution in [3.8, 4) is 0 Å². The Morgan fingerprint density at radius 2 is 1.68 bits per heavy atom. The van der Waals surface area contributed by atoms with E-state index < -0.39 is 26.7 Å². The Morgan fingerprint density at radius 3 is 2.00 bits per heavy atom. The van der Waals surface area contributed by atoms with Crippen LogP contribution in [0.1, 0.15) is 10.4 Å². The maximum atomic E-state index is 11.0. The molecule has 0 saturated carbocycles. The number of pyridine rings is 1. The first kappa shape index (κ1) is 15.8. The summed E-state index contributed by atoms with van der Waals surface area (Å²) in [4.78, 5) is 49.4. The second kappa shape index (κ2) is 5.38. The normalized spacial score (nSPS) is 12.5. The zero-order valence-electron chi connectivity index (χ0n) is 9.11. The standard InChI is InChI=1S/C7H10N2O8P2/c10-6(11)4-1-2-5(8-3-4)9-7(18(12,13)14)19(15,16)17/h1-3,7H,(H,8,9)(H,10,11)(H2,12,13,14)(H2,15,16,17). The summed E-state index contributed by atoms with van der Waals surface area (Å²) >= 11 is 0. The van der Waals surface area contributed by atoms with E-state index in [2.05, 4.69) is 4.98 Å². The van der Waals surface area contributed by atoms with Crippen LogP contribution in [0.3, 0.4) is 0 Å². The van der Waals surface area contributed by atoms with Crippen LogP contribution in [-0.4, -0.2) is 41.2 Å². The first-order valence-corrected chi connectivity index (χ1v) is 7.94. The van der Waals surface area contributed by atoms with Crippen LogP contribution in [0, 0.1) is 0 Å². The molecule has 19 heavy (non-hydrogen) atoms. The summed E-state index contributed by atoms with van der Waals surface area (Å²) in [6.45, 7) is 0. The minimum atomic E-state index is -5.12. The highest BCUT2D eigenvalue weighted by Crippen LogP contribution is 2.59. The van der Waals surface area contributed by atoms with E-state index in [1.54, 1.807) is 0 Å². The van der Waals surface area contributed by atoms with Gasteiger partial charge in [-0.2, -0.15) is 0 Å². The highest BCUT2D eigenvalue weighted by molar-refractivity contribution is 7.71. The van der Waals surface area contributed by atoms with Crippen molar-refractivity contribution in [2.75, 3.05) is 5.32 Å². The lowest BCUT2D eigenvalue weighted by Crippen LogP contribution is -2.20. The lowest BCUT2D eigenvalue weighted by atomic mass is 10.3. The van der Waals surface area contributed by atoms with Gasteiger partial charge in [-0.1, -0.05) is 0 Å². The number of anilines is 1. The number of nitrogens with zero attached hydrogens (tertiary/aromatic N) is 1. The average Bonchev–Trinajstić information content (AvgIpc) is 2.23. The zero-order valence-corrected chi connectivity index (χ0v) is 10.9. The van der Waals surface area contributed by atoms with Crippen LogP contribution in [0.15, 0.2) is 18.3 Å². The van der Waals surface area contributed by atoms with Crippen LogP contribution in [0.4, 0.5) is 5.82 Å². The number of rotatable bonds is 5. The fourth-order valence-electron chi connectivity index (χ4n) is 1.10. The first-order chi connectivity index (χ1) is 8.51. The van der Waals surface area contributed by atoms with Gasteiger partial charge in [-0.15, -0.1) is 0 Å². The Morgan fingerprint density at radius 1 is 1.16 bits per heavy atom. The van der Waals surface area contributed by atoms with E-state index >= 15 is 0 Å². The molecule has 1 aromatic rings. The largest absolute Gasteiger partial charge is 0.478 e. The maximum Gasteiger partial charge on any atom is 0.360 e. The molecule has 1 aromatic heterocycles. The van der Waals surface area contributed by atoms with Crippen molar-refractivity contribution < 1.29 is 38.6 Å². The summed E-state index contributed by atoms with van der Waals surface area (Å²) in [5.74, 6) is -1.54. The molecule has 0 amide bonds. The molecule has 12 heteroatoms. The van der Waals surface area contributed by atoms with Gasteiger partial charge in [-0.3, -0.25) is 9.13 Å². The second-order valence-electron chi connectivity index (χ2n) is 3.43. The molecule has 0 aliphatic rings. The third-order valence-electron chi connectivity index (χ3n) is 1.92. The van der Waals surface area contributed by atoms with Crippen molar-refractivity contribution in [3.63, 3.8) is 0 Å². The smallest absolute Gasteiger partial charge is 0.360 e. The van der Waals surface area contributed by atoms with E-state index in [0.29, 0.717) is 0 Å². The Labute approximate surface area is 106 Å². The lowest BCUT2D eigenvalue weighted by Gasteiger charge is -2.21. The van der Waals surface area contributed by atoms with Gasteiger partial charge >= 0.3 is 21.2 Å². The molecule has 0 bridgehead atoms. The van der Waals surface area contributed by atoms with Gasteiger partial charge in [-0.05, 0) is 12.1 Å². The molecule has 6 N–H and O–H groups in total. The number of carbonyl (C=O) groups is 1. The Kier molecular flexibility index (Phi) is 4.46.